The zero-order chi connectivity index (χ0) is 15.5. The van der Waals surface area contributed by atoms with E-state index in [1.807, 2.05) is 23.0 Å². The molecule has 0 amide bonds. The summed E-state index contributed by atoms with van der Waals surface area (Å²) in [5, 5.41) is 16.9. The van der Waals surface area contributed by atoms with Crippen LogP contribution in [0.5, 0.6) is 0 Å². The number of furan rings is 1. The van der Waals surface area contributed by atoms with Crippen LogP contribution in [0.1, 0.15) is 49.6 Å². The summed E-state index contributed by atoms with van der Waals surface area (Å²) in [4.78, 5) is 0. The fourth-order valence-electron chi connectivity index (χ4n) is 2.91. The van der Waals surface area contributed by atoms with Gasteiger partial charge in [-0.3, -0.25) is 4.68 Å². The Hall–Kier alpha value is -1.63. The Morgan fingerprint density at radius 2 is 2.18 bits per heavy atom. The quantitative estimate of drug-likeness (QED) is 0.856. The Morgan fingerprint density at radius 1 is 1.36 bits per heavy atom. The van der Waals surface area contributed by atoms with Gasteiger partial charge in [0, 0.05) is 24.9 Å². The average Bonchev–Trinajstić information content (AvgIpc) is 3.23. The lowest BCUT2D eigenvalue weighted by Gasteiger charge is -2.22. The van der Waals surface area contributed by atoms with Crippen LogP contribution < -0.4 is 5.32 Å². The lowest BCUT2D eigenvalue weighted by atomic mass is 10.1. The van der Waals surface area contributed by atoms with Gasteiger partial charge in [-0.25, -0.2) is 0 Å². The molecule has 22 heavy (non-hydrogen) atoms. The van der Waals surface area contributed by atoms with Gasteiger partial charge < -0.3 is 19.6 Å². The second-order valence-corrected chi connectivity index (χ2v) is 5.89. The molecular weight excluding hydrogens is 282 g/mol. The van der Waals surface area contributed by atoms with Gasteiger partial charge in [-0.1, -0.05) is 0 Å². The van der Waals surface area contributed by atoms with E-state index in [-0.39, 0.29) is 18.8 Å². The average molecular weight is 305 g/mol. The molecule has 120 valence electrons. The van der Waals surface area contributed by atoms with Gasteiger partial charge >= 0.3 is 0 Å². The smallest absolute Gasteiger partial charge is 0.129 e. The van der Waals surface area contributed by atoms with E-state index in [1.165, 1.54) is 0 Å². The van der Waals surface area contributed by atoms with Gasteiger partial charge in [0.2, 0.25) is 0 Å². The zero-order valence-corrected chi connectivity index (χ0v) is 13.0. The van der Waals surface area contributed by atoms with Gasteiger partial charge in [-0.05, 0) is 38.5 Å². The maximum atomic E-state index is 9.04. The van der Waals surface area contributed by atoms with Crippen LogP contribution in [-0.4, -0.2) is 27.5 Å². The predicted molar refractivity (Wildman–Crippen MR) is 81.2 cm³/mol. The van der Waals surface area contributed by atoms with Crippen molar-refractivity contribution in [2.45, 2.75) is 51.6 Å². The highest BCUT2D eigenvalue weighted by Gasteiger charge is 2.32. The fraction of sp³-hybridized carbons (Fsp3) is 0.562. The molecule has 6 nitrogen and oxygen atoms in total. The highest BCUT2D eigenvalue weighted by atomic mass is 16.5. The number of aliphatic hydroxyl groups excluding tert-OH is 1. The summed E-state index contributed by atoms with van der Waals surface area (Å²) in [5.41, 5.74) is 1.11. The molecule has 0 aliphatic carbocycles. The topological polar surface area (TPSA) is 72.5 Å². The van der Waals surface area contributed by atoms with Crippen LogP contribution in [0.4, 0.5) is 0 Å². The van der Waals surface area contributed by atoms with Crippen LogP contribution in [0.3, 0.4) is 0 Å². The Kier molecular flexibility index (Phi) is 4.61. The molecule has 0 unspecified atom stereocenters. The summed E-state index contributed by atoms with van der Waals surface area (Å²) in [6.45, 7) is 5.54. The van der Waals surface area contributed by atoms with E-state index in [0.29, 0.717) is 18.3 Å². The SMILES string of the molecule is CC(C)n1nccc1[C@H]1OCC[C@@H]1NCc1ccc(CO)o1. The van der Waals surface area contributed by atoms with Crippen molar-refractivity contribution in [1.82, 2.24) is 15.1 Å². The van der Waals surface area contributed by atoms with Gasteiger partial charge in [-0.15, -0.1) is 0 Å². The largest absolute Gasteiger partial charge is 0.462 e. The lowest BCUT2D eigenvalue weighted by Crippen LogP contribution is -2.32. The summed E-state index contributed by atoms with van der Waals surface area (Å²) in [7, 11) is 0. The van der Waals surface area contributed by atoms with E-state index in [0.717, 1.165) is 24.5 Å². The van der Waals surface area contributed by atoms with Crippen molar-refractivity contribution in [1.29, 1.82) is 0 Å². The first-order valence-electron chi connectivity index (χ1n) is 7.76. The molecule has 2 N–H and O–H groups in total. The third-order valence-electron chi connectivity index (χ3n) is 3.98. The number of nitrogens with zero attached hydrogens (tertiary/aromatic N) is 2. The molecule has 1 aliphatic heterocycles. The predicted octanol–water partition coefficient (Wildman–Crippen LogP) is 2.17. The zero-order valence-electron chi connectivity index (χ0n) is 13.0. The van der Waals surface area contributed by atoms with Crippen LogP contribution >= 0.6 is 0 Å². The number of ether oxygens (including phenoxy) is 1. The first kappa shape index (κ1) is 15.3. The minimum atomic E-state index is -0.0667. The Bertz CT molecular complexity index is 605. The van der Waals surface area contributed by atoms with E-state index in [4.69, 9.17) is 14.3 Å². The molecule has 0 spiro atoms. The monoisotopic (exact) mass is 305 g/mol. The Balaban J connectivity index is 1.66. The maximum absolute atomic E-state index is 9.04. The number of rotatable bonds is 6. The minimum Gasteiger partial charge on any atom is -0.462 e. The standard InChI is InChI=1S/C16H23N3O3/c1-11(2)19-15(5-7-18-19)16-14(6-8-21-16)17-9-12-3-4-13(10-20)22-12/h3-5,7,11,14,16-17,20H,6,8-10H2,1-2H3/t14-,16-/m0/s1. The maximum Gasteiger partial charge on any atom is 0.129 e. The lowest BCUT2D eigenvalue weighted by molar-refractivity contribution is 0.0894. The number of hydrogen-bond donors (Lipinski definition) is 2. The van der Waals surface area contributed by atoms with Crippen LogP contribution in [0.2, 0.25) is 0 Å². The highest BCUT2D eigenvalue weighted by Crippen LogP contribution is 2.30. The van der Waals surface area contributed by atoms with Crippen molar-refractivity contribution in [2.24, 2.45) is 0 Å². The van der Waals surface area contributed by atoms with Crippen LogP contribution in [0.15, 0.2) is 28.8 Å². The fourth-order valence-corrected chi connectivity index (χ4v) is 2.91. The van der Waals surface area contributed by atoms with Crippen LogP contribution in [0, 0.1) is 0 Å². The number of nitrogens with one attached hydrogen (secondary N) is 1. The number of hydrogen-bond acceptors (Lipinski definition) is 5. The van der Waals surface area contributed by atoms with Crippen LogP contribution in [-0.2, 0) is 17.9 Å². The van der Waals surface area contributed by atoms with E-state index in [9.17, 15) is 0 Å². The molecule has 0 bridgehead atoms. The molecule has 0 saturated carbocycles. The molecule has 2 aromatic rings. The second-order valence-electron chi connectivity index (χ2n) is 5.89. The van der Waals surface area contributed by atoms with E-state index in [1.54, 1.807) is 6.07 Å². The molecule has 1 aliphatic rings. The molecule has 1 saturated heterocycles. The first-order valence-corrected chi connectivity index (χ1v) is 7.76. The van der Waals surface area contributed by atoms with Crippen molar-refractivity contribution in [3.8, 4) is 0 Å². The van der Waals surface area contributed by atoms with E-state index >= 15 is 0 Å². The summed E-state index contributed by atoms with van der Waals surface area (Å²) in [5.74, 6) is 1.42. The van der Waals surface area contributed by atoms with Crippen molar-refractivity contribution < 1.29 is 14.3 Å². The normalized spacial score (nSPS) is 21.8. The van der Waals surface area contributed by atoms with Gasteiger partial charge in [0.05, 0.1) is 12.2 Å². The molecular formula is C16H23N3O3. The van der Waals surface area contributed by atoms with Crippen molar-refractivity contribution in [2.75, 3.05) is 6.61 Å². The molecule has 3 rings (SSSR count). The van der Waals surface area contributed by atoms with Crippen LogP contribution in [0.25, 0.3) is 0 Å². The molecule has 1 fully saturated rings. The van der Waals surface area contributed by atoms with Crippen molar-refractivity contribution in [3.63, 3.8) is 0 Å². The Morgan fingerprint density at radius 3 is 2.91 bits per heavy atom. The third kappa shape index (κ3) is 3.09. The Labute approximate surface area is 130 Å². The first-order chi connectivity index (χ1) is 10.7. The third-order valence-corrected chi connectivity index (χ3v) is 3.98. The van der Waals surface area contributed by atoms with Gasteiger partial charge in [-0.2, -0.15) is 5.10 Å². The molecule has 2 aromatic heterocycles. The highest BCUT2D eigenvalue weighted by molar-refractivity contribution is 5.11. The van der Waals surface area contributed by atoms with Gasteiger partial charge in [0.15, 0.2) is 0 Å². The van der Waals surface area contributed by atoms with Crippen molar-refractivity contribution in [3.05, 3.63) is 41.6 Å². The summed E-state index contributed by atoms with van der Waals surface area (Å²) < 4.78 is 13.4. The summed E-state index contributed by atoms with van der Waals surface area (Å²) in [6.07, 6.45) is 2.80. The molecule has 0 radical (unpaired) electrons. The number of aromatic nitrogens is 2. The van der Waals surface area contributed by atoms with Crippen molar-refractivity contribution >= 4 is 0 Å². The summed E-state index contributed by atoms with van der Waals surface area (Å²) in [6, 6.07) is 6.26. The second kappa shape index (κ2) is 6.64. The minimum absolute atomic E-state index is 0.0113. The van der Waals surface area contributed by atoms with Gasteiger partial charge in [0.25, 0.3) is 0 Å². The van der Waals surface area contributed by atoms with E-state index < -0.39 is 0 Å². The number of aliphatic hydroxyl groups is 1. The molecule has 0 aromatic carbocycles. The summed E-state index contributed by atoms with van der Waals surface area (Å²) >= 11 is 0. The molecule has 6 heteroatoms. The molecule has 3 heterocycles. The molecule has 2 atom stereocenters. The van der Waals surface area contributed by atoms with Gasteiger partial charge in [0.1, 0.15) is 24.2 Å². The van der Waals surface area contributed by atoms with E-state index in [2.05, 4.69) is 24.3 Å².